The molecule has 6 aromatic rings. The second-order valence-corrected chi connectivity index (χ2v) is 9.71. The Bertz CT molecular complexity index is 1770. The Morgan fingerprint density at radius 2 is 1.72 bits per heavy atom. The molecular weight excluding hydrogens is 508 g/mol. The Hall–Kier alpha value is -5.08. The number of pyridine rings is 1. The molecule has 0 aliphatic carbocycles. The van der Waals surface area contributed by atoms with Gasteiger partial charge in [0.2, 0.25) is 0 Å². The summed E-state index contributed by atoms with van der Waals surface area (Å²) in [5.41, 5.74) is 5.05. The second kappa shape index (κ2) is 10.4. The molecule has 0 aliphatic rings. The summed E-state index contributed by atoms with van der Waals surface area (Å²) in [7, 11) is 0. The van der Waals surface area contributed by atoms with Crippen LogP contribution in [0, 0.1) is 0 Å². The van der Waals surface area contributed by atoms with Crippen molar-refractivity contribution in [1.82, 2.24) is 15.0 Å². The maximum absolute atomic E-state index is 13.6. The fourth-order valence-electron chi connectivity index (χ4n) is 4.42. The lowest BCUT2D eigenvalue weighted by Crippen LogP contribution is -2.30. The first-order valence-corrected chi connectivity index (χ1v) is 13.1. The maximum Gasteiger partial charge on any atom is 0.262 e. The van der Waals surface area contributed by atoms with Crippen LogP contribution in [0.15, 0.2) is 108 Å². The van der Waals surface area contributed by atoms with Gasteiger partial charge in [-0.05, 0) is 53.4 Å². The number of benzene rings is 3. The van der Waals surface area contributed by atoms with Gasteiger partial charge in [0.15, 0.2) is 5.82 Å². The topological polar surface area (TPSA) is 99.4 Å². The van der Waals surface area contributed by atoms with Gasteiger partial charge in [0, 0.05) is 46.0 Å². The molecule has 0 fully saturated rings. The van der Waals surface area contributed by atoms with Crippen molar-refractivity contribution in [2.45, 2.75) is 6.54 Å². The van der Waals surface area contributed by atoms with Crippen molar-refractivity contribution in [2.75, 3.05) is 4.90 Å². The number of hydrogen-bond acceptors (Lipinski definition) is 7. The maximum atomic E-state index is 13.6. The lowest BCUT2D eigenvalue weighted by Gasteiger charge is -2.24. The first-order chi connectivity index (χ1) is 19.1. The van der Waals surface area contributed by atoms with Gasteiger partial charge in [0.1, 0.15) is 11.5 Å². The van der Waals surface area contributed by atoms with E-state index in [1.54, 1.807) is 28.6 Å². The van der Waals surface area contributed by atoms with Crippen LogP contribution in [0.4, 0.5) is 5.69 Å². The largest absolute Gasteiger partial charge is 0.508 e. The Kier molecular flexibility index (Phi) is 6.44. The molecule has 0 spiro atoms. The summed E-state index contributed by atoms with van der Waals surface area (Å²) in [5, 5.41) is 25.0. The van der Waals surface area contributed by atoms with E-state index in [2.05, 4.69) is 4.98 Å². The molecule has 2 N–H and O–H groups in total. The molecule has 3 heterocycles. The third kappa shape index (κ3) is 4.93. The van der Waals surface area contributed by atoms with Crippen molar-refractivity contribution in [3.05, 3.63) is 119 Å². The van der Waals surface area contributed by atoms with Gasteiger partial charge in [-0.2, -0.15) is 11.3 Å². The molecule has 0 saturated heterocycles. The Morgan fingerprint density at radius 3 is 2.46 bits per heavy atom. The summed E-state index contributed by atoms with van der Waals surface area (Å²) >= 11 is 1.60. The lowest BCUT2D eigenvalue weighted by molar-refractivity contribution is 0.0982. The molecule has 190 valence electrons. The van der Waals surface area contributed by atoms with Crippen molar-refractivity contribution in [2.24, 2.45) is 0 Å². The van der Waals surface area contributed by atoms with Crippen molar-refractivity contribution in [3.8, 4) is 34.1 Å². The number of rotatable bonds is 6. The Labute approximate surface area is 228 Å². The summed E-state index contributed by atoms with van der Waals surface area (Å²) in [4.78, 5) is 29.0. The van der Waals surface area contributed by atoms with Crippen molar-refractivity contribution >= 4 is 33.8 Å². The van der Waals surface area contributed by atoms with Crippen LogP contribution < -0.4 is 4.90 Å². The average molecular weight is 531 g/mol. The van der Waals surface area contributed by atoms with E-state index in [4.69, 9.17) is 9.97 Å². The molecule has 0 saturated carbocycles. The first kappa shape index (κ1) is 24.3. The van der Waals surface area contributed by atoms with Crippen molar-refractivity contribution < 1.29 is 15.0 Å². The van der Waals surface area contributed by atoms with E-state index in [1.165, 1.54) is 12.1 Å². The third-order valence-corrected chi connectivity index (χ3v) is 7.04. The molecule has 0 radical (unpaired) electrons. The van der Waals surface area contributed by atoms with E-state index in [-0.39, 0.29) is 23.6 Å². The van der Waals surface area contributed by atoms with Gasteiger partial charge >= 0.3 is 0 Å². The van der Waals surface area contributed by atoms with Gasteiger partial charge < -0.3 is 15.1 Å². The molecule has 3 aromatic carbocycles. The van der Waals surface area contributed by atoms with Crippen LogP contribution >= 0.6 is 11.3 Å². The zero-order chi connectivity index (χ0) is 26.8. The Balaban J connectivity index is 1.41. The zero-order valence-corrected chi connectivity index (χ0v) is 21.4. The number of aromatic hydroxyl groups is 2. The SMILES string of the molecule is O=C(c1ccc(O)cc1O)N(Cc1cccnc1)c1ccc(-c2nc(-c3ccsc3)nc3ccccc23)cc1. The predicted octanol–water partition coefficient (Wildman–Crippen LogP) is 6.68. The van der Waals surface area contributed by atoms with Crippen LogP contribution in [0.5, 0.6) is 11.5 Å². The highest BCUT2D eigenvalue weighted by Gasteiger charge is 2.22. The number of amides is 1. The summed E-state index contributed by atoms with van der Waals surface area (Å²) in [6.45, 7) is 0.241. The number of phenols is 2. The fourth-order valence-corrected chi connectivity index (χ4v) is 5.05. The number of aromatic nitrogens is 3. The molecule has 0 bridgehead atoms. The van der Waals surface area contributed by atoms with E-state index in [9.17, 15) is 15.0 Å². The van der Waals surface area contributed by atoms with Crippen LogP contribution in [-0.4, -0.2) is 31.1 Å². The Morgan fingerprint density at radius 1 is 0.872 bits per heavy atom. The first-order valence-electron chi connectivity index (χ1n) is 12.2. The van der Waals surface area contributed by atoms with E-state index < -0.39 is 5.91 Å². The smallest absolute Gasteiger partial charge is 0.262 e. The predicted molar refractivity (Wildman–Crippen MR) is 153 cm³/mol. The normalized spacial score (nSPS) is 11.0. The number of hydrogen-bond donors (Lipinski definition) is 2. The number of nitrogens with zero attached hydrogens (tertiary/aromatic N) is 4. The molecular formula is C31H22N4O3S. The molecule has 0 unspecified atom stereocenters. The van der Waals surface area contributed by atoms with E-state index in [0.717, 1.165) is 39.4 Å². The van der Waals surface area contributed by atoms with Gasteiger partial charge in [-0.1, -0.05) is 36.4 Å². The number of phenolic OH excluding ortho intramolecular Hbond substituents is 2. The number of para-hydroxylation sites is 1. The van der Waals surface area contributed by atoms with Crippen LogP contribution in [0.1, 0.15) is 15.9 Å². The van der Waals surface area contributed by atoms with Gasteiger partial charge in [-0.15, -0.1) is 0 Å². The molecule has 8 heteroatoms. The van der Waals surface area contributed by atoms with Crippen LogP contribution in [0.25, 0.3) is 33.5 Å². The van der Waals surface area contributed by atoms with E-state index in [1.807, 2.05) is 77.5 Å². The number of thiophene rings is 1. The second-order valence-electron chi connectivity index (χ2n) is 8.93. The molecule has 6 rings (SSSR count). The molecule has 0 aliphatic heterocycles. The minimum absolute atomic E-state index is 0.0861. The minimum Gasteiger partial charge on any atom is -0.508 e. The molecule has 7 nitrogen and oxygen atoms in total. The van der Waals surface area contributed by atoms with Gasteiger partial charge in [0.25, 0.3) is 5.91 Å². The van der Waals surface area contributed by atoms with E-state index in [0.29, 0.717) is 11.5 Å². The number of carbonyl (C=O) groups is 1. The van der Waals surface area contributed by atoms with Crippen LogP contribution in [0.2, 0.25) is 0 Å². The summed E-state index contributed by atoms with van der Waals surface area (Å²) < 4.78 is 0. The van der Waals surface area contributed by atoms with Crippen molar-refractivity contribution in [3.63, 3.8) is 0 Å². The molecule has 0 atom stereocenters. The highest BCUT2D eigenvalue weighted by atomic mass is 32.1. The summed E-state index contributed by atoms with van der Waals surface area (Å²) in [5.74, 6) is -0.158. The lowest BCUT2D eigenvalue weighted by atomic mass is 10.0. The van der Waals surface area contributed by atoms with Crippen molar-refractivity contribution in [1.29, 1.82) is 0 Å². The average Bonchev–Trinajstić information content (AvgIpc) is 3.51. The number of fused-ring (bicyclic) bond motifs is 1. The van der Waals surface area contributed by atoms with Crippen LogP contribution in [-0.2, 0) is 6.54 Å². The number of carbonyl (C=O) groups excluding carboxylic acids is 1. The van der Waals surface area contributed by atoms with Crippen LogP contribution in [0.3, 0.4) is 0 Å². The standard InChI is InChI=1S/C31H22N4O3S/c36-24-11-12-26(28(37)16-24)31(38)35(18-20-4-3-14-32-17-20)23-9-7-21(8-10-23)29-25-5-1-2-6-27(25)33-30(34-29)22-13-15-39-19-22/h1-17,19,36-37H,18H2. The fraction of sp³-hybridized carbons (Fsp3) is 0.0323. The molecule has 39 heavy (non-hydrogen) atoms. The van der Waals surface area contributed by atoms with E-state index >= 15 is 0 Å². The monoisotopic (exact) mass is 530 g/mol. The van der Waals surface area contributed by atoms with Gasteiger partial charge in [-0.3, -0.25) is 9.78 Å². The number of anilines is 1. The third-order valence-electron chi connectivity index (χ3n) is 6.36. The summed E-state index contributed by atoms with van der Waals surface area (Å²) in [6, 6.07) is 25.1. The highest BCUT2D eigenvalue weighted by molar-refractivity contribution is 7.08. The summed E-state index contributed by atoms with van der Waals surface area (Å²) in [6.07, 6.45) is 3.37. The molecule has 1 amide bonds. The van der Waals surface area contributed by atoms with Gasteiger partial charge in [0.05, 0.1) is 23.3 Å². The quantitative estimate of drug-likeness (QED) is 0.249. The zero-order valence-electron chi connectivity index (χ0n) is 20.6. The van der Waals surface area contributed by atoms with Gasteiger partial charge in [-0.25, -0.2) is 9.97 Å². The highest BCUT2D eigenvalue weighted by Crippen LogP contribution is 2.32. The molecule has 3 aromatic heterocycles. The minimum atomic E-state index is -0.406.